The predicted octanol–water partition coefficient (Wildman–Crippen LogP) is 2.23. The Morgan fingerprint density at radius 1 is 1.67 bits per heavy atom. The summed E-state index contributed by atoms with van der Waals surface area (Å²) in [5.41, 5.74) is 0. The lowest BCUT2D eigenvalue weighted by Gasteiger charge is -2.29. The van der Waals surface area contributed by atoms with E-state index in [-0.39, 0.29) is 18.0 Å². The molecule has 3 atom stereocenters. The van der Waals surface area contributed by atoms with Crippen molar-refractivity contribution in [3.63, 3.8) is 0 Å². The maximum absolute atomic E-state index is 12.1. The third-order valence-corrected chi connectivity index (χ3v) is 3.73. The van der Waals surface area contributed by atoms with Crippen molar-refractivity contribution in [1.29, 1.82) is 0 Å². The zero-order valence-electron chi connectivity index (χ0n) is 11.1. The Bertz CT molecular complexity index is 375. The highest BCUT2D eigenvalue weighted by Gasteiger charge is 2.27. The summed E-state index contributed by atoms with van der Waals surface area (Å²) in [4.78, 5) is 12.1. The molecule has 1 saturated heterocycles. The number of hydrogen-bond donors (Lipinski definition) is 2. The Morgan fingerprint density at radius 3 is 3.17 bits per heavy atom. The van der Waals surface area contributed by atoms with Gasteiger partial charge in [0.2, 0.25) is 5.91 Å². The van der Waals surface area contributed by atoms with Gasteiger partial charge >= 0.3 is 0 Å². The van der Waals surface area contributed by atoms with Gasteiger partial charge in [0.05, 0.1) is 18.3 Å². The van der Waals surface area contributed by atoms with Crippen LogP contribution in [0.3, 0.4) is 0 Å². The Morgan fingerprint density at radius 2 is 2.50 bits per heavy atom. The SMILES string of the molecule is CCC1CCNC(C(=O)N[C@@H](C)c2ccco2)C1. The molecule has 18 heavy (non-hydrogen) atoms. The molecule has 1 aliphatic heterocycles. The summed E-state index contributed by atoms with van der Waals surface area (Å²) in [5, 5.41) is 6.29. The maximum Gasteiger partial charge on any atom is 0.237 e. The molecule has 1 aromatic heterocycles. The van der Waals surface area contributed by atoms with Gasteiger partial charge in [0, 0.05) is 0 Å². The standard InChI is InChI=1S/C14H22N2O2/c1-3-11-6-7-15-12(9-11)14(17)16-10(2)13-5-4-8-18-13/h4-5,8,10-12,15H,3,6-7,9H2,1-2H3,(H,16,17)/t10-,11?,12?/m0/s1. The molecule has 4 heteroatoms. The summed E-state index contributed by atoms with van der Waals surface area (Å²) in [6, 6.07) is 3.59. The lowest BCUT2D eigenvalue weighted by Crippen LogP contribution is -2.49. The number of nitrogens with one attached hydrogen (secondary N) is 2. The molecule has 0 bridgehead atoms. The summed E-state index contributed by atoms with van der Waals surface area (Å²) < 4.78 is 5.29. The van der Waals surface area contributed by atoms with Crippen molar-refractivity contribution in [3.05, 3.63) is 24.2 Å². The second kappa shape index (κ2) is 6.05. The fraction of sp³-hybridized carbons (Fsp3) is 0.643. The predicted molar refractivity (Wildman–Crippen MR) is 70.1 cm³/mol. The number of furan rings is 1. The Kier molecular flexibility index (Phi) is 4.42. The molecule has 100 valence electrons. The molecule has 1 aliphatic rings. The van der Waals surface area contributed by atoms with Crippen molar-refractivity contribution < 1.29 is 9.21 Å². The molecule has 2 rings (SSSR count). The van der Waals surface area contributed by atoms with Crippen molar-refractivity contribution >= 4 is 5.91 Å². The van der Waals surface area contributed by atoms with E-state index in [1.54, 1.807) is 6.26 Å². The van der Waals surface area contributed by atoms with Gasteiger partial charge in [-0.1, -0.05) is 13.3 Å². The van der Waals surface area contributed by atoms with Crippen LogP contribution in [0.25, 0.3) is 0 Å². The average molecular weight is 250 g/mol. The smallest absolute Gasteiger partial charge is 0.237 e. The number of hydrogen-bond acceptors (Lipinski definition) is 3. The number of rotatable bonds is 4. The van der Waals surface area contributed by atoms with Crippen LogP contribution in [-0.4, -0.2) is 18.5 Å². The molecule has 0 aliphatic carbocycles. The molecule has 0 spiro atoms. The first kappa shape index (κ1) is 13.1. The molecule has 1 amide bonds. The molecule has 1 aromatic rings. The van der Waals surface area contributed by atoms with Crippen LogP contribution in [-0.2, 0) is 4.79 Å². The minimum atomic E-state index is -0.0729. The van der Waals surface area contributed by atoms with Crippen LogP contribution < -0.4 is 10.6 Å². The summed E-state index contributed by atoms with van der Waals surface area (Å²) >= 11 is 0. The minimum Gasteiger partial charge on any atom is -0.467 e. The van der Waals surface area contributed by atoms with Gasteiger partial charge in [0.1, 0.15) is 5.76 Å². The summed E-state index contributed by atoms with van der Waals surface area (Å²) in [6.07, 6.45) is 4.89. The lowest BCUT2D eigenvalue weighted by molar-refractivity contribution is -0.124. The first-order valence-corrected chi connectivity index (χ1v) is 6.77. The quantitative estimate of drug-likeness (QED) is 0.861. The van der Waals surface area contributed by atoms with Crippen LogP contribution in [0.15, 0.2) is 22.8 Å². The minimum absolute atomic E-state index is 0.0545. The van der Waals surface area contributed by atoms with Crippen LogP contribution >= 0.6 is 0 Å². The second-order valence-electron chi connectivity index (χ2n) is 5.05. The average Bonchev–Trinajstić information content (AvgIpc) is 2.92. The van der Waals surface area contributed by atoms with Gasteiger partial charge in [-0.15, -0.1) is 0 Å². The van der Waals surface area contributed by atoms with E-state index >= 15 is 0 Å². The van der Waals surface area contributed by atoms with Gasteiger partial charge in [-0.25, -0.2) is 0 Å². The highest BCUT2D eigenvalue weighted by atomic mass is 16.3. The molecule has 2 N–H and O–H groups in total. The van der Waals surface area contributed by atoms with Crippen LogP contribution in [0.1, 0.15) is 44.9 Å². The van der Waals surface area contributed by atoms with E-state index in [1.807, 2.05) is 19.1 Å². The zero-order chi connectivity index (χ0) is 13.0. The van der Waals surface area contributed by atoms with Crippen LogP contribution in [0.4, 0.5) is 0 Å². The van der Waals surface area contributed by atoms with Gasteiger partial charge in [-0.05, 0) is 44.4 Å². The molecule has 0 aromatic carbocycles. The van der Waals surface area contributed by atoms with E-state index in [4.69, 9.17) is 4.42 Å². The fourth-order valence-corrected chi connectivity index (χ4v) is 2.49. The van der Waals surface area contributed by atoms with Crippen LogP contribution in [0.5, 0.6) is 0 Å². The number of amides is 1. The monoisotopic (exact) mass is 250 g/mol. The van der Waals surface area contributed by atoms with Gasteiger partial charge < -0.3 is 15.1 Å². The molecule has 2 heterocycles. The van der Waals surface area contributed by atoms with E-state index in [0.29, 0.717) is 5.92 Å². The van der Waals surface area contributed by atoms with E-state index in [9.17, 15) is 4.79 Å². The van der Waals surface area contributed by atoms with Crippen molar-refractivity contribution in [2.24, 2.45) is 5.92 Å². The van der Waals surface area contributed by atoms with Crippen molar-refractivity contribution in [3.8, 4) is 0 Å². The van der Waals surface area contributed by atoms with Gasteiger partial charge in [-0.2, -0.15) is 0 Å². The normalized spacial score (nSPS) is 25.7. The Balaban J connectivity index is 1.87. The zero-order valence-corrected chi connectivity index (χ0v) is 11.1. The summed E-state index contributed by atoms with van der Waals surface area (Å²) in [6.45, 7) is 5.07. The first-order chi connectivity index (χ1) is 8.70. The Hall–Kier alpha value is -1.29. The number of carbonyl (C=O) groups excluding carboxylic acids is 1. The second-order valence-corrected chi connectivity index (χ2v) is 5.05. The van der Waals surface area contributed by atoms with Gasteiger partial charge in [-0.3, -0.25) is 4.79 Å². The third kappa shape index (κ3) is 3.13. The molecule has 0 saturated carbocycles. The molecule has 4 nitrogen and oxygen atoms in total. The first-order valence-electron chi connectivity index (χ1n) is 6.77. The topological polar surface area (TPSA) is 54.3 Å². The van der Waals surface area contributed by atoms with E-state index in [1.165, 1.54) is 6.42 Å². The number of piperidine rings is 1. The van der Waals surface area contributed by atoms with E-state index in [2.05, 4.69) is 17.6 Å². The molecule has 0 radical (unpaired) electrons. The molecular weight excluding hydrogens is 228 g/mol. The van der Waals surface area contributed by atoms with Crippen LogP contribution in [0, 0.1) is 5.92 Å². The van der Waals surface area contributed by atoms with E-state index in [0.717, 1.165) is 25.1 Å². The fourth-order valence-electron chi connectivity index (χ4n) is 2.49. The molecular formula is C14H22N2O2. The van der Waals surface area contributed by atoms with Gasteiger partial charge in [0.25, 0.3) is 0 Å². The summed E-state index contributed by atoms with van der Waals surface area (Å²) in [7, 11) is 0. The largest absolute Gasteiger partial charge is 0.467 e. The Labute approximate surface area is 108 Å². The van der Waals surface area contributed by atoms with Crippen molar-refractivity contribution in [2.75, 3.05) is 6.54 Å². The maximum atomic E-state index is 12.1. The number of carbonyl (C=O) groups is 1. The molecule has 2 unspecified atom stereocenters. The lowest BCUT2D eigenvalue weighted by atomic mass is 9.90. The van der Waals surface area contributed by atoms with Crippen molar-refractivity contribution in [2.45, 2.75) is 45.2 Å². The highest BCUT2D eigenvalue weighted by molar-refractivity contribution is 5.82. The third-order valence-electron chi connectivity index (χ3n) is 3.73. The summed E-state index contributed by atoms with van der Waals surface area (Å²) in [5.74, 6) is 1.55. The highest BCUT2D eigenvalue weighted by Crippen LogP contribution is 2.20. The molecule has 1 fully saturated rings. The van der Waals surface area contributed by atoms with Crippen LogP contribution in [0.2, 0.25) is 0 Å². The van der Waals surface area contributed by atoms with E-state index < -0.39 is 0 Å². The van der Waals surface area contributed by atoms with Gasteiger partial charge in [0.15, 0.2) is 0 Å². The van der Waals surface area contributed by atoms with Crippen molar-refractivity contribution in [1.82, 2.24) is 10.6 Å².